The lowest BCUT2D eigenvalue weighted by Crippen LogP contribution is -2.25. The van der Waals surface area contributed by atoms with Crippen molar-refractivity contribution in [3.8, 4) is 11.5 Å². The number of hydrogen-bond donors (Lipinski definition) is 1. The van der Waals surface area contributed by atoms with Crippen molar-refractivity contribution in [2.45, 2.75) is 24.8 Å². The third-order valence-corrected chi connectivity index (χ3v) is 3.57. The monoisotopic (exact) mass is 269 g/mol. The first kappa shape index (κ1) is 13.2. The fourth-order valence-corrected chi connectivity index (χ4v) is 2.32. The molecule has 4 nitrogen and oxygen atoms in total. The lowest BCUT2D eigenvalue weighted by Gasteiger charge is -2.17. The zero-order valence-corrected chi connectivity index (χ0v) is 11.2. The van der Waals surface area contributed by atoms with E-state index in [9.17, 15) is 4.79 Å². The van der Waals surface area contributed by atoms with E-state index in [-0.39, 0.29) is 5.54 Å². The summed E-state index contributed by atoms with van der Waals surface area (Å²) >= 11 is 6.08. The minimum atomic E-state index is -0.162. The van der Waals surface area contributed by atoms with Crippen LogP contribution in [0.2, 0.25) is 5.02 Å². The number of carbonyl (C=O) groups is 1. The molecule has 0 spiro atoms. The second-order valence-electron chi connectivity index (χ2n) is 4.65. The number of rotatable bonds is 5. The summed E-state index contributed by atoms with van der Waals surface area (Å²) in [5.41, 5.74) is 7.13. The van der Waals surface area contributed by atoms with Gasteiger partial charge in [0.25, 0.3) is 0 Å². The Morgan fingerprint density at radius 1 is 1.39 bits per heavy atom. The third-order valence-electron chi connectivity index (χ3n) is 3.26. The molecule has 1 aromatic carbocycles. The van der Waals surface area contributed by atoms with E-state index in [1.807, 2.05) is 0 Å². The molecule has 0 unspecified atom stereocenters. The van der Waals surface area contributed by atoms with Crippen molar-refractivity contribution in [1.29, 1.82) is 0 Å². The average molecular weight is 270 g/mol. The highest BCUT2D eigenvalue weighted by Gasteiger charge is 2.39. The highest BCUT2D eigenvalue weighted by molar-refractivity contribution is 6.33. The number of nitrogens with two attached hydrogens (primary N) is 1. The first-order chi connectivity index (χ1) is 8.54. The Morgan fingerprint density at radius 2 is 2.00 bits per heavy atom. The SMILES string of the molecule is COc1c(CC2(N)CC2)cc(Cl)c(C=O)c1OC. The summed E-state index contributed by atoms with van der Waals surface area (Å²) in [6.07, 6.45) is 3.32. The molecule has 0 amide bonds. The summed E-state index contributed by atoms with van der Waals surface area (Å²) in [6.45, 7) is 0. The van der Waals surface area contributed by atoms with Crippen molar-refractivity contribution in [2.75, 3.05) is 14.2 Å². The highest BCUT2D eigenvalue weighted by Crippen LogP contribution is 2.43. The number of hydrogen-bond acceptors (Lipinski definition) is 4. The minimum Gasteiger partial charge on any atom is -0.493 e. The summed E-state index contributed by atoms with van der Waals surface area (Å²) in [6, 6.07) is 1.74. The summed E-state index contributed by atoms with van der Waals surface area (Å²) in [5, 5.41) is 0.363. The zero-order chi connectivity index (χ0) is 13.3. The molecule has 0 aromatic heterocycles. The molecular formula is C13H16ClNO3. The number of carbonyl (C=O) groups excluding carboxylic acids is 1. The van der Waals surface area contributed by atoms with E-state index in [4.69, 9.17) is 26.8 Å². The predicted molar refractivity (Wildman–Crippen MR) is 69.8 cm³/mol. The predicted octanol–water partition coefficient (Wildman–Crippen LogP) is 2.20. The summed E-state index contributed by atoms with van der Waals surface area (Å²) in [7, 11) is 3.03. The largest absolute Gasteiger partial charge is 0.493 e. The van der Waals surface area contributed by atoms with Gasteiger partial charge in [-0.1, -0.05) is 11.6 Å². The molecule has 2 N–H and O–H groups in total. The quantitative estimate of drug-likeness (QED) is 0.833. The molecule has 1 aliphatic rings. The molecule has 0 saturated heterocycles. The Balaban J connectivity index is 2.51. The van der Waals surface area contributed by atoms with Gasteiger partial charge in [-0.2, -0.15) is 0 Å². The van der Waals surface area contributed by atoms with E-state index in [2.05, 4.69) is 0 Å². The van der Waals surface area contributed by atoms with Gasteiger partial charge in [0.15, 0.2) is 17.8 Å². The van der Waals surface area contributed by atoms with Gasteiger partial charge in [0.2, 0.25) is 0 Å². The minimum absolute atomic E-state index is 0.162. The maximum absolute atomic E-state index is 11.0. The van der Waals surface area contributed by atoms with Crippen LogP contribution in [0.4, 0.5) is 0 Å². The average Bonchev–Trinajstić information content (AvgIpc) is 3.06. The first-order valence-electron chi connectivity index (χ1n) is 5.72. The second kappa shape index (κ2) is 4.78. The van der Waals surface area contributed by atoms with Crippen LogP contribution in [0.3, 0.4) is 0 Å². The molecule has 18 heavy (non-hydrogen) atoms. The zero-order valence-electron chi connectivity index (χ0n) is 10.5. The van der Waals surface area contributed by atoms with Crippen molar-refractivity contribution >= 4 is 17.9 Å². The second-order valence-corrected chi connectivity index (χ2v) is 5.06. The number of benzene rings is 1. The van der Waals surface area contributed by atoms with Crippen LogP contribution in [0.5, 0.6) is 11.5 Å². The molecule has 0 aliphatic heterocycles. The van der Waals surface area contributed by atoms with E-state index in [1.165, 1.54) is 7.11 Å². The lowest BCUT2D eigenvalue weighted by molar-refractivity contribution is 0.112. The molecule has 1 fully saturated rings. The Kier molecular flexibility index (Phi) is 3.50. The molecule has 0 heterocycles. The van der Waals surface area contributed by atoms with Crippen LogP contribution in [0.15, 0.2) is 6.07 Å². The molecule has 5 heteroatoms. The van der Waals surface area contributed by atoms with Crippen molar-refractivity contribution in [2.24, 2.45) is 5.73 Å². The molecule has 1 aliphatic carbocycles. The van der Waals surface area contributed by atoms with Gasteiger partial charge in [0, 0.05) is 11.1 Å². The lowest BCUT2D eigenvalue weighted by atomic mass is 10.0. The fourth-order valence-electron chi connectivity index (χ4n) is 2.06. The molecule has 0 atom stereocenters. The van der Waals surface area contributed by atoms with Gasteiger partial charge < -0.3 is 15.2 Å². The summed E-state index contributed by atoms with van der Waals surface area (Å²) in [4.78, 5) is 11.0. The van der Waals surface area contributed by atoms with E-state index < -0.39 is 0 Å². The van der Waals surface area contributed by atoms with Gasteiger partial charge >= 0.3 is 0 Å². The highest BCUT2D eigenvalue weighted by atomic mass is 35.5. The van der Waals surface area contributed by atoms with Crippen molar-refractivity contribution in [3.63, 3.8) is 0 Å². The van der Waals surface area contributed by atoms with Crippen LogP contribution in [0.1, 0.15) is 28.8 Å². The Hall–Kier alpha value is -1.26. The van der Waals surface area contributed by atoms with Gasteiger partial charge in [-0.3, -0.25) is 4.79 Å². The molecule has 2 rings (SSSR count). The molecule has 1 saturated carbocycles. The summed E-state index contributed by atoms with van der Waals surface area (Å²) < 4.78 is 10.6. The van der Waals surface area contributed by atoms with Crippen LogP contribution in [0.25, 0.3) is 0 Å². The van der Waals surface area contributed by atoms with E-state index in [1.54, 1.807) is 13.2 Å². The van der Waals surface area contributed by atoms with Crippen LogP contribution < -0.4 is 15.2 Å². The number of halogens is 1. The molecule has 0 radical (unpaired) electrons. The van der Waals surface area contributed by atoms with Gasteiger partial charge in [0.05, 0.1) is 24.8 Å². The van der Waals surface area contributed by atoms with Crippen LogP contribution in [-0.4, -0.2) is 26.0 Å². The van der Waals surface area contributed by atoms with Gasteiger partial charge in [-0.25, -0.2) is 0 Å². The Morgan fingerprint density at radius 3 is 2.44 bits per heavy atom. The van der Waals surface area contributed by atoms with Crippen molar-refractivity contribution in [1.82, 2.24) is 0 Å². The number of ether oxygens (including phenoxy) is 2. The molecule has 1 aromatic rings. The van der Waals surface area contributed by atoms with Crippen molar-refractivity contribution in [3.05, 3.63) is 22.2 Å². The third kappa shape index (κ3) is 2.31. The number of methoxy groups -OCH3 is 2. The Labute approximate surface area is 111 Å². The molecule has 98 valence electrons. The molecular weight excluding hydrogens is 254 g/mol. The van der Waals surface area contributed by atoms with Crippen LogP contribution >= 0.6 is 11.6 Å². The fraction of sp³-hybridized carbons (Fsp3) is 0.462. The van der Waals surface area contributed by atoms with Gasteiger partial charge in [-0.05, 0) is 25.3 Å². The topological polar surface area (TPSA) is 61.5 Å². The van der Waals surface area contributed by atoms with E-state index >= 15 is 0 Å². The number of aldehydes is 1. The van der Waals surface area contributed by atoms with Crippen LogP contribution in [-0.2, 0) is 6.42 Å². The Bertz CT molecular complexity index is 484. The maximum Gasteiger partial charge on any atom is 0.173 e. The summed E-state index contributed by atoms with van der Waals surface area (Å²) in [5.74, 6) is 0.917. The van der Waals surface area contributed by atoms with Gasteiger partial charge in [0.1, 0.15) is 0 Å². The smallest absolute Gasteiger partial charge is 0.173 e. The van der Waals surface area contributed by atoms with E-state index in [0.29, 0.717) is 34.8 Å². The normalized spacial score (nSPS) is 16.2. The first-order valence-corrected chi connectivity index (χ1v) is 6.10. The molecule has 0 bridgehead atoms. The van der Waals surface area contributed by atoms with Crippen molar-refractivity contribution < 1.29 is 14.3 Å². The van der Waals surface area contributed by atoms with E-state index in [0.717, 1.165) is 18.4 Å². The van der Waals surface area contributed by atoms with Crippen LogP contribution in [0, 0.1) is 0 Å². The maximum atomic E-state index is 11.0. The standard InChI is InChI=1S/C13H16ClNO3/c1-17-11-8(6-13(15)3-4-13)5-10(14)9(7-16)12(11)18-2/h5,7H,3-4,6,15H2,1-2H3. The van der Waals surface area contributed by atoms with Gasteiger partial charge in [-0.15, -0.1) is 0 Å².